The average molecular weight is 366 g/mol. The van der Waals surface area contributed by atoms with E-state index in [1.54, 1.807) is 11.8 Å². The molecule has 1 N–H and O–H groups in total. The number of aryl methyl sites for hydroxylation is 1. The Labute approximate surface area is 145 Å². The molecule has 0 atom stereocenters. The van der Waals surface area contributed by atoms with Crippen molar-refractivity contribution in [3.8, 4) is 0 Å². The van der Waals surface area contributed by atoms with E-state index in [1.165, 1.54) is 30.7 Å². The highest BCUT2D eigenvalue weighted by Gasteiger charge is 2.22. The molecule has 0 saturated carbocycles. The maximum Gasteiger partial charge on any atom is 0.273 e. The Balaban J connectivity index is 2.00. The average Bonchev–Trinajstić information content (AvgIpc) is 2.53. The first kappa shape index (κ1) is 18.4. The zero-order valence-electron chi connectivity index (χ0n) is 13.4. The molecule has 24 heavy (non-hydrogen) atoms. The minimum atomic E-state index is -3.78. The molecular weight excluding hydrogens is 348 g/mol. The van der Waals surface area contributed by atoms with Crippen molar-refractivity contribution in [2.75, 3.05) is 12.3 Å². The third kappa shape index (κ3) is 4.56. The number of thioether (sulfide) groups is 1. The molecule has 0 aromatic heterocycles. The van der Waals surface area contributed by atoms with Crippen molar-refractivity contribution >= 4 is 27.5 Å². The molecule has 0 amide bonds. The Morgan fingerprint density at radius 1 is 1.12 bits per heavy atom. The Kier molecular flexibility index (Phi) is 5.98. The van der Waals surface area contributed by atoms with Crippen LogP contribution in [0.1, 0.15) is 11.1 Å². The molecule has 2 aromatic rings. The summed E-state index contributed by atoms with van der Waals surface area (Å²) in [5, 5.41) is 10.9. The molecule has 8 heteroatoms. The van der Waals surface area contributed by atoms with Gasteiger partial charge < -0.3 is 0 Å². The van der Waals surface area contributed by atoms with Gasteiger partial charge in [0.1, 0.15) is 0 Å². The van der Waals surface area contributed by atoms with Crippen LogP contribution >= 0.6 is 11.8 Å². The fourth-order valence-corrected chi connectivity index (χ4v) is 4.34. The first-order chi connectivity index (χ1) is 11.3. The summed E-state index contributed by atoms with van der Waals surface area (Å²) in [6.07, 6.45) is 0. The van der Waals surface area contributed by atoms with Gasteiger partial charge in [-0.15, -0.1) is 11.8 Å². The highest BCUT2D eigenvalue weighted by atomic mass is 32.2. The first-order valence-electron chi connectivity index (χ1n) is 7.24. The van der Waals surface area contributed by atoms with Gasteiger partial charge in [-0.05, 0) is 32.0 Å². The molecule has 2 rings (SSSR count). The highest BCUT2D eigenvalue weighted by Crippen LogP contribution is 2.24. The summed E-state index contributed by atoms with van der Waals surface area (Å²) >= 11 is 1.54. The van der Waals surface area contributed by atoms with Gasteiger partial charge in [0, 0.05) is 28.8 Å². The summed E-state index contributed by atoms with van der Waals surface area (Å²) in [6, 6.07) is 12.0. The Hall–Kier alpha value is -1.90. The van der Waals surface area contributed by atoms with Gasteiger partial charge in [-0.1, -0.05) is 23.8 Å². The number of sulfonamides is 1. The van der Waals surface area contributed by atoms with E-state index in [2.05, 4.69) is 4.72 Å². The monoisotopic (exact) mass is 366 g/mol. The Morgan fingerprint density at radius 2 is 1.79 bits per heavy atom. The minimum Gasteiger partial charge on any atom is -0.258 e. The second-order valence-electron chi connectivity index (χ2n) is 5.22. The fourth-order valence-electron chi connectivity index (χ4n) is 2.15. The van der Waals surface area contributed by atoms with E-state index in [9.17, 15) is 18.5 Å². The fraction of sp³-hybridized carbons (Fsp3) is 0.250. The van der Waals surface area contributed by atoms with Crippen LogP contribution in [0.25, 0.3) is 0 Å². The first-order valence-corrected chi connectivity index (χ1v) is 9.71. The summed E-state index contributed by atoms with van der Waals surface area (Å²) in [5.74, 6) is 0.566. The van der Waals surface area contributed by atoms with E-state index in [0.29, 0.717) is 5.75 Å². The van der Waals surface area contributed by atoms with Crippen LogP contribution in [0.5, 0.6) is 0 Å². The molecule has 0 aliphatic carbocycles. The summed E-state index contributed by atoms with van der Waals surface area (Å²) in [4.78, 5) is 11.4. The van der Waals surface area contributed by atoms with Crippen molar-refractivity contribution in [3.63, 3.8) is 0 Å². The van der Waals surface area contributed by atoms with Gasteiger partial charge >= 0.3 is 0 Å². The number of nitro groups is 1. The minimum absolute atomic E-state index is 0.0583. The number of nitrogens with one attached hydrogen (secondary N) is 1. The van der Waals surface area contributed by atoms with Gasteiger partial charge in [-0.2, -0.15) is 0 Å². The Bertz CT molecular complexity index is 834. The molecule has 0 radical (unpaired) electrons. The third-order valence-electron chi connectivity index (χ3n) is 3.43. The van der Waals surface area contributed by atoms with Crippen molar-refractivity contribution in [1.29, 1.82) is 0 Å². The predicted molar refractivity (Wildman–Crippen MR) is 94.9 cm³/mol. The van der Waals surface area contributed by atoms with Crippen LogP contribution in [0, 0.1) is 24.0 Å². The largest absolute Gasteiger partial charge is 0.273 e. The van der Waals surface area contributed by atoms with Gasteiger partial charge in [0.2, 0.25) is 10.0 Å². The summed E-state index contributed by atoms with van der Waals surface area (Å²) in [7, 11) is -3.78. The summed E-state index contributed by atoms with van der Waals surface area (Å²) < 4.78 is 27.2. The third-order valence-corrected chi connectivity index (χ3v) is 6.04. The van der Waals surface area contributed by atoms with Gasteiger partial charge in [-0.25, -0.2) is 13.1 Å². The number of rotatable bonds is 7. The molecule has 0 saturated heterocycles. The van der Waals surface area contributed by atoms with E-state index < -0.39 is 14.9 Å². The molecule has 128 valence electrons. The summed E-state index contributed by atoms with van der Waals surface area (Å²) in [5.41, 5.74) is 1.11. The molecule has 0 heterocycles. The Morgan fingerprint density at radius 3 is 2.42 bits per heavy atom. The SMILES string of the molecule is Cc1ccc(SCCNS(=O)(=O)c2cccc([N+](=O)[O-])c2C)cc1. The number of hydrogen-bond donors (Lipinski definition) is 1. The van der Waals surface area contributed by atoms with Crippen LogP contribution in [0.4, 0.5) is 5.69 Å². The van der Waals surface area contributed by atoms with E-state index in [-0.39, 0.29) is 22.7 Å². The molecule has 2 aromatic carbocycles. The number of benzene rings is 2. The molecule has 0 fully saturated rings. The lowest BCUT2D eigenvalue weighted by atomic mass is 10.2. The smallest absolute Gasteiger partial charge is 0.258 e. The number of nitrogens with zero attached hydrogens (tertiary/aromatic N) is 1. The molecule has 0 aliphatic heterocycles. The second kappa shape index (κ2) is 7.78. The topological polar surface area (TPSA) is 89.3 Å². The lowest BCUT2D eigenvalue weighted by molar-refractivity contribution is -0.385. The van der Waals surface area contributed by atoms with Crippen LogP contribution in [0.2, 0.25) is 0 Å². The zero-order valence-corrected chi connectivity index (χ0v) is 15.0. The number of hydrogen-bond acceptors (Lipinski definition) is 5. The van der Waals surface area contributed by atoms with E-state index in [0.717, 1.165) is 4.90 Å². The van der Waals surface area contributed by atoms with Crippen LogP contribution in [0.3, 0.4) is 0 Å². The van der Waals surface area contributed by atoms with Crippen molar-refractivity contribution in [1.82, 2.24) is 4.72 Å². The van der Waals surface area contributed by atoms with Crippen LogP contribution < -0.4 is 4.72 Å². The molecule has 0 unspecified atom stereocenters. The standard InChI is InChI=1S/C16H18N2O4S2/c1-12-6-8-14(9-7-12)23-11-10-17-24(21,22)16-5-3-4-15(13(16)2)18(19)20/h3-9,17H,10-11H2,1-2H3. The van der Waals surface area contributed by atoms with E-state index in [4.69, 9.17) is 0 Å². The van der Waals surface area contributed by atoms with Crippen LogP contribution in [-0.4, -0.2) is 25.6 Å². The highest BCUT2D eigenvalue weighted by molar-refractivity contribution is 7.99. The molecule has 0 bridgehead atoms. The lowest BCUT2D eigenvalue weighted by Crippen LogP contribution is -2.26. The van der Waals surface area contributed by atoms with Crippen molar-refractivity contribution in [2.45, 2.75) is 23.6 Å². The molecule has 0 aliphatic rings. The lowest BCUT2D eigenvalue weighted by Gasteiger charge is -2.09. The quantitative estimate of drug-likeness (QED) is 0.351. The van der Waals surface area contributed by atoms with Crippen molar-refractivity contribution in [3.05, 3.63) is 63.7 Å². The van der Waals surface area contributed by atoms with E-state index >= 15 is 0 Å². The zero-order chi connectivity index (χ0) is 17.7. The van der Waals surface area contributed by atoms with Gasteiger partial charge in [0.15, 0.2) is 0 Å². The molecular formula is C16H18N2O4S2. The molecule has 6 nitrogen and oxygen atoms in total. The van der Waals surface area contributed by atoms with E-state index in [1.807, 2.05) is 31.2 Å². The normalized spacial score (nSPS) is 11.4. The van der Waals surface area contributed by atoms with Crippen molar-refractivity contribution < 1.29 is 13.3 Å². The molecule has 0 spiro atoms. The number of nitro benzene ring substituents is 1. The predicted octanol–water partition coefficient (Wildman–Crippen LogP) is 3.28. The maximum absolute atomic E-state index is 12.3. The second-order valence-corrected chi connectivity index (χ2v) is 8.12. The van der Waals surface area contributed by atoms with Gasteiger partial charge in [0.05, 0.1) is 9.82 Å². The van der Waals surface area contributed by atoms with Crippen LogP contribution in [0.15, 0.2) is 52.3 Å². The van der Waals surface area contributed by atoms with Crippen LogP contribution in [-0.2, 0) is 10.0 Å². The summed E-state index contributed by atoms with van der Waals surface area (Å²) in [6.45, 7) is 3.68. The van der Waals surface area contributed by atoms with Crippen molar-refractivity contribution in [2.24, 2.45) is 0 Å². The van der Waals surface area contributed by atoms with Gasteiger partial charge in [0.25, 0.3) is 5.69 Å². The van der Waals surface area contributed by atoms with Gasteiger partial charge in [-0.3, -0.25) is 10.1 Å². The maximum atomic E-state index is 12.3.